The van der Waals surface area contributed by atoms with E-state index >= 15 is 0 Å². The van der Waals surface area contributed by atoms with Gasteiger partial charge in [0.25, 0.3) is 0 Å². The number of aliphatic hydroxyl groups is 2. The monoisotopic (exact) mass is 364 g/mol. The van der Waals surface area contributed by atoms with E-state index in [1.807, 2.05) is 0 Å². The molecule has 0 amide bonds. The molecule has 0 rings (SSSR count). The Hall–Kier alpha value is -0.860. The molecule has 0 aromatic carbocycles. The molecule has 0 heterocycles. The summed E-state index contributed by atoms with van der Waals surface area (Å²) in [5, 5.41) is 20.6. The second-order valence-corrected chi connectivity index (χ2v) is 8.86. The first kappa shape index (κ1) is 25.1. The van der Waals surface area contributed by atoms with Crippen molar-refractivity contribution in [2.45, 2.75) is 105 Å². The van der Waals surface area contributed by atoms with Gasteiger partial charge in [-0.25, -0.2) is 0 Å². The lowest BCUT2D eigenvalue weighted by Gasteiger charge is -2.20. The van der Waals surface area contributed by atoms with Crippen LogP contribution in [-0.4, -0.2) is 22.4 Å². The van der Waals surface area contributed by atoms with Crippen LogP contribution in [0.5, 0.6) is 0 Å². The highest BCUT2D eigenvalue weighted by Gasteiger charge is 2.15. The fourth-order valence-corrected chi connectivity index (χ4v) is 3.49. The SMILES string of the molecule is C=C(C)CCC[C@H](C)C[C@H](O)CC(=C)C[C@@H](O)C[C@@H](C)CCC=C(C)C. The number of hydrogen-bond acceptors (Lipinski definition) is 2. The Kier molecular flexibility index (Phi) is 13.8. The molecule has 26 heavy (non-hydrogen) atoms. The van der Waals surface area contributed by atoms with Crippen molar-refractivity contribution in [3.8, 4) is 0 Å². The van der Waals surface area contributed by atoms with Gasteiger partial charge in [-0.1, -0.05) is 49.6 Å². The molecule has 0 aliphatic heterocycles. The topological polar surface area (TPSA) is 40.5 Å². The summed E-state index contributed by atoms with van der Waals surface area (Å²) in [6.07, 6.45) is 9.94. The van der Waals surface area contributed by atoms with Gasteiger partial charge in [-0.3, -0.25) is 0 Å². The largest absolute Gasteiger partial charge is 0.393 e. The summed E-state index contributed by atoms with van der Waals surface area (Å²) in [6.45, 7) is 18.7. The normalized spacial score (nSPS) is 15.8. The average molecular weight is 365 g/mol. The molecule has 2 N–H and O–H groups in total. The second kappa shape index (κ2) is 14.2. The molecule has 2 nitrogen and oxygen atoms in total. The highest BCUT2D eigenvalue weighted by Crippen LogP contribution is 2.22. The number of rotatable bonds is 15. The third kappa shape index (κ3) is 15.4. The molecule has 152 valence electrons. The highest BCUT2D eigenvalue weighted by molar-refractivity contribution is 4.99. The Labute approximate surface area is 163 Å². The van der Waals surface area contributed by atoms with E-state index < -0.39 is 0 Å². The predicted molar refractivity (Wildman–Crippen MR) is 115 cm³/mol. The zero-order chi connectivity index (χ0) is 20.1. The molecule has 2 heteroatoms. The average Bonchev–Trinajstić information content (AvgIpc) is 2.45. The first-order valence-electron chi connectivity index (χ1n) is 10.4. The standard InChI is InChI=1S/C24H44O2/c1-18(2)10-8-12-20(5)14-23(25)16-22(7)17-24(26)15-21(6)13-9-11-19(3)4/h11,20-21,23-26H,1,7-10,12-17H2,2-6H3/t20-,21-,23-,24-/m0/s1. The highest BCUT2D eigenvalue weighted by atomic mass is 16.3. The smallest absolute Gasteiger partial charge is 0.0579 e. The first-order chi connectivity index (χ1) is 12.1. The van der Waals surface area contributed by atoms with Crippen LogP contribution < -0.4 is 0 Å². The summed E-state index contributed by atoms with van der Waals surface area (Å²) in [7, 11) is 0. The maximum absolute atomic E-state index is 10.3. The van der Waals surface area contributed by atoms with Gasteiger partial charge in [0.15, 0.2) is 0 Å². The van der Waals surface area contributed by atoms with Crippen molar-refractivity contribution in [2.75, 3.05) is 0 Å². The van der Waals surface area contributed by atoms with E-state index in [1.165, 1.54) is 11.1 Å². The summed E-state index contributed by atoms with van der Waals surface area (Å²) in [5.41, 5.74) is 3.56. The third-order valence-electron chi connectivity index (χ3n) is 4.91. The lowest BCUT2D eigenvalue weighted by Crippen LogP contribution is -2.16. The van der Waals surface area contributed by atoms with Crippen molar-refractivity contribution in [3.63, 3.8) is 0 Å². The van der Waals surface area contributed by atoms with Crippen LogP contribution in [0.1, 0.15) is 92.4 Å². The number of aliphatic hydroxyl groups excluding tert-OH is 2. The van der Waals surface area contributed by atoms with Gasteiger partial charge in [-0.05, 0) is 84.0 Å². The van der Waals surface area contributed by atoms with E-state index in [1.54, 1.807) is 0 Å². The Morgan fingerprint density at radius 1 is 0.885 bits per heavy atom. The van der Waals surface area contributed by atoms with Crippen LogP contribution in [0.4, 0.5) is 0 Å². The van der Waals surface area contributed by atoms with Crippen LogP contribution in [0.15, 0.2) is 36.0 Å². The molecular formula is C24H44O2. The molecule has 0 bridgehead atoms. The second-order valence-electron chi connectivity index (χ2n) is 8.86. The number of allylic oxidation sites excluding steroid dienone is 3. The molecule has 0 unspecified atom stereocenters. The zero-order valence-electron chi connectivity index (χ0n) is 18.1. The van der Waals surface area contributed by atoms with Crippen molar-refractivity contribution in [1.82, 2.24) is 0 Å². The van der Waals surface area contributed by atoms with Crippen molar-refractivity contribution >= 4 is 0 Å². The predicted octanol–water partition coefficient (Wildman–Crippen LogP) is 6.59. The minimum Gasteiger partial charge on any atom is -0.393 e. The van der Waals surface area contributed by atoms with Gasteiger partial charge in [0, 0.05) is 0 Å². The van der Waals surface area contributed by atoms with Gasteiger partial charge in [0.1, 0.15) is 0 Å². The van der Waals surface area contributed by atoms with Crippen LogP contribution in [-0.2, 0) is 0 Å². The van der Waals surface area contributed by atoms with Crippen LogP contribution in [0.3, 0.4) is 0 Å². The van der Waals surface area contributed by atoms with Crippen LogP contribution in [0.2, 0.25) is 0 Å². The van der Waals surface area contributed by atoms with Gasteiger partial charge >= 0.3 is 0 Å². The van der Waals surface area contributed by atoms with Gasteiger partial charge in [-0.2, -0.15) is 0 Å². The summed E-state index contributed by atoms with van der Waals surface area (Å²) >= 11 is 0. The maximum atomic E-state index is 10.3. The van der Waals surface area contributed by atoms with E-state index in [2.05, 4.69) is 53.9 Å². The van der Waals surface area contributed by atoms with Crippen LogP contribution in [0.25, 0.3) is 0 Å². The van der Waals surface area contributed by atoms with Gasteiger partial charge in [0.05, 0.1) is 12.2 Å². The molecule has 0 spiro atoms. The maximum Gasteiger partial charge on any atom is 0.0579 e. The summed E-state index contributed by atoms with van der Waals surface area (Å²) in [5.74, 6) is 1.02. The van der Waals surface area contributed by atoms with Gasteiger partial charge < -0.3 is 10.2 Å². The molecule has 0 radical (unpaired) electrons. The zero-order valence-corrected chi connectivity index (χ0v) is 18.1. The third-order valence-corrected chi connectivity index (χ3v) is 4.91. The minimum absolute atomic E-state index is 0.343. The Balaban J connectivity index is 4.00. The van der Waals surface area contributed by atoms with Crippen LogP contribution in [0, 0.1) is 11.8 Å². The molecule has 4 atom stereocenters. The lowest BCUT2D eigenvalue weighted by molar-refractivity contribution is 0.126. The summed E-state index contributed by atoms with van der Waals surface area (Å²) in [4.78, 5) is 0. The van der Waals surface area contributed by atoms with Gasteiger partial charge in [0.2, 0.25) is 0 Å². The molecule has 0 aromatic rings. The number of hydrogen-bond donors (Lipinski definition) is 2. The molecular weight excluding hydrogens is 320 g/mol. The lowest BCUT2D eigenvalue weighted by atomic mass is 9.91. The fourth-order valence-electron chi connectivity index (χ4n) is 3.49. The van der Waals surface area contributed by atoms with E-state index in [0.29, 0.717) is 24.7 Å². The molecule has 0 aliphatic carbocycles. The van der Waals surface area contributed by atoms with Crippen molar-refractivity contribution < 1.29 is 10.2 Å². The van der Waals surface area contributed by atoms with Gasteiger partial charge in [-0.15, -0.1) is 6.58 Å². The Bertz CT molecular complexity index is 431. The van der Waals surface area contributed by atoms with Crippen molar-refractivity contribution in [2.24, 2.45) is 11.8 Å². The molecule has 0 aromatic heterocycles. The Morgan fingerprint density at radius 3 is 1.85 bits per heavy atom. The fraction of sp³-hybridized carbons (Fsp3) is 0.750. The summed E-state index contributed by atoms with van der Waals surface area (Å²) < 4.78 is 0. The summed E-state index contributed by atoms with van der Waals surface area (Å²) in [6, 6.07) is 0. The Morgan fingerprint density at radius 2 is 1.38 bits per heavy atom. The minimum atomic E-state index is -0.343. The van der Waals surface area contributed by atoms with E-state index in [9.17, 15) is 10.2 Å². The van der Waals surface area contributed by atoms with Crippen LogP contribution >= 0.6 is 0 Å². The first-order valence-corrected chi connectivity index (χ1v) is 10.4. The molecule has 0 saturated carbocycles. The molecule has 0 aliphatic rings. The molecule has 0 fully saturated rings. The van der Waals surface area contributed by atoms with E-state index in [0.717, 1.165) is 50.5 Å². The van der Waals surface area contributed by atoms with E-state index in [4.69, 9.17) is 0 Å². The molecule has 0 saturated heterocycles. The van der Waals surface area contributed by atoms with Crippen molar-refractivity contribution in [1.29, 1.82) is 0 Å². The van der Waals surface area contributed by atoms with Crippen molar-refractivity contribution in [3.05, 3.63) is 36.0 Å². The quantitative estimate of drug-likeness (QED) is 0.322. The van der Waals surface area contributed by atoms with E-state index in [-0.39, 0.29) is 12.2 Å².